The fourth-order valence-electron chi connectivity index (χ4n) is 7.61. The lowest BCUT2D eigenvalue weighted by atomic mass is 9.74. The SMILES string of the molecule is CCCCNC1=c2cc3c4c(c2OC2=C5CCCN6CCCC(C=C21)C56)CCC[N+]=4CCC3. The Morgan fingerprint density at radius 3 is 2.88 bits per heavy atom. The number of piperidine rings is 2. The van der Waals surface area contributed by atoms with E-state index in [0.717, 1.165) is 13.0 Å². The van der Waals surface area contributed by atoms with Crippen LogP contribution in [0.1, 0.15) is 69.4 Å². The van der Waals surface area contributed by atoms with Crippen molar-refractivity contribution in [1.29, 1.82) is 0 Å². The molecule has 0 radical (unpaired) electrons. The van der Waals surface area contributed by atoms with Crippen LogP contribution in [-0.2, 0) is 12.8 Å². The molecule has 5 heterocycles. The lowest BCUT2D eigenvalue weighted by Crippen LogP contribution is -2.51. The van der Waals surface area contributed by atoms with Crippen LogP contribution in [0.5, 0.6) is 5.75 Å². The van der Waals surface area contributed by atoms with Gasteiger partial charge in [-0.3, -0.25) is 4.90 Å². The highest BCUT2D eigenvalue weighted by Gasteiger charge is 2.43. The average molecular weight is 445 g/mol. The highest BCUT2D eigenvalue weighted by atomic mass is 16.5. The number of hydrogen-bond acceptors (Lipinski definition) is 3. The molecule has 1 aromatic rings. The van der Waals surface area contributed by atoms with Crippen molar-refractivity contribution in [1.82, 2.24) is 14.8 Å². The topological polar surface area (TPSA) is 27.5 Å². The van der Waals surface area contributed by atoms with Crippen LogP contribution in [0.2, 0.25) is 0 Å². The molecule has 2 saturated heterocycles. The van der Waals surface area contributed by atoms with E-state index in [4.69, 9.17) is 4.74 Å². The van der Waals surface area contributed by atoms with E-state index in [0.29, 0.717) is 12.0 Å². The largest absolute Gasteiger partial charge is 0.455 e. The molecule has 0 spiro atoms. The second-order valence-corrected chi connectivity index (χ2v) is 11.0. The van der Waals surface area contributed by atoms with Crippen molar-refractivity contribution in [3.05, 3.63) is 50.8 Å². The number of benzene rings is 1. The van der Waals surface area contributed by atoms with Gasteiger partial charge >= 0.3 is 0 Å². The number of unbranched alkanes of at least 4 members (excludes halogenated alkanes) is 1. The van der Waals surface area contributed by atoms with E-state index in [1.54, 1.807) is 11.1 Å². The summed E-state index contributed by atoms with van der Waals surface area (Å²) in [4.78, 5) is 2.76. The number of rotatable bonds is 4. The van der Waals surface area contributed by atoms with E-state index in [1.807, 2.05) is 0 Å². The van der Waals surface area contributed by atoms with Gasteiger partial charge in [-0.1, -0.05) is 19.4 Å². The standard InChI is InChI=1S/C29H37N3O/c1-2-3-12-30-25-23-17-19-8-4-13-31-15-6-10-21(26(19)31)28(23)33-29-22-11-7-16-32-14-5-9-20(27(22)32)18-24(25)29/h17-19,26H,2-16H2,1H3/p+1. The highest BCUT2D eigenvalue weighted by Crippen LogP contribution is 2.45. The molecule has 4 heteroatoms. The molecule has 2 unspecified atom stereocenters. The average Bonchev–Trinajstić information content (AvgIpc) is 2.85. The van der Waals surface area contributed by atoms with Crippen molar-refractivity contribution >= 4 is 5.70 Å². The lowest BCUT2D eigenvalue weighted by molar-refractivity contribution is 0.108. The molecular weight excluding hydrogens is 406 g/mol. The summed E-state index contributed by atoms with van der Waals surface area (Å²) in [5, 5.41) is 6.81. The van der Waals surface area contributed by atoms with Gasteiger partial charge in [0.2, 0.25) is 5.36 Å². The molecular formula is C29H38N3O+. The Kier molecular flexibility index (Phi) is 4.93. The first-order valence-corrected chi connectivity index (χ1v) is 13.8. The number of hydrogen-bond donors (Lipinski definition) is 1. The van der Waals surface area contributed by atoms with Crippen LogP contribution in [0.3, 0.4) is 0 Å². The van der Waals surface area contributed by atoms with Crippen LogP contribution >= 0.6 is 0 Å². The molecule has 6 aliphatic rings. The van der Waals surface area contributed by atoms with Gasteiger partial charge in [0, 0.05) is 41.8 Å². The maximum absolute atomic E-state index is 7.07. The van der Waals surface area contributed by atoms with Gasteiger partial charge in [0.05, 0.1) is 11.3 Å². The molecule has 33 heavy (non-hydrogen) atoms. The highest BCUT2D eigenvalue weighted by molar-refractivity contribution is 5.76. The minimum atomic E-state index is 0.579. The molecule has 1 aromatic carbocycles. The van der Waals surface area contributed by atoms with Crippen LogP contribution in [0.4, 0.5) is 0 Å². The summed E-state index contributed by atoms with van der Waals surface area (Å²) >= 11 is 0. The van der Waals surface area contributed by atoms with Crippen LogP contribution in [0.15, 0.2) is 29.0 Å². The molecule has 0 aromatic heterocycles. The quantitative estimate of drug-likeness (QED) is 0.572. The Morgan fingerprint density at radius 2 is 1.97 bits per heavy atom. The van der Waals surface area contributed by atoms with Gasteiger partial charge in [-0.05, 0) is 75.6 Å². The third-order valence-corrected chi connectivity index (χ3v) is 8.99. The molecule has 0 bridgehead atoms. The van der Waals surface area contributed by atoms with Crippen molar-refractivity contribution in [2.75, 3.05) is 32.7 Å². The zero-order valence-corrected chi connectivity index (χ0v) is 20.2. The van der Waals surface area contributed by atoms with Crippen molar-refractivity contribution in [3.63, 3.8) is 0 Å². The van der Waals surface area contributed by atoms with E-state index in [-0.39, 0.29) is 0 Å². The van der Waals surface area contributed by atoms with E-state index in [2.05, 4.69) is 33.9 Å². The molecule has 0 amide bonds. The molecule has 5 aliphatic heterocycles. The fourth-order valence-corrected chi connectivity index (χ4v) is 7.61. The minimum absolute atomic E-state index is 0.579. The maximum Gasteiger partial charge on any atom is 0.210 e. The Morgan fingerprint density at radius 1 is 1.09 bits per heavy atom. The zero-order chi connectivity index (χ0) is 21.9. The summed E-state index contributed by atoms with van der Waals surface area (Å²) in [6.07, 6.45) is 15.1. The number of ether oxygens (including phenoxy) is 1. The van der Waals surface area contributed by atoms with Gasteiger partial charge in [0.15, 0.2) is 0 Å². The van der Waals surface area contributed by atoms with E-state index in [1.165, 1.54) is 123 Å². The third-order valence-electron chi connectivity index (χ3n) is 8.99. The normalized spacial score (nSPS) is 27.7. The summed E-state index contributed by atoms with van der Waals surface area (Å²) in [5.74, 6) is 3.05. The smallest absolute Gasteiger partial charge is 0.210 e. The summed E-state index contributed by atoms with van der Waals surface area (Å²) in [6, 6.07) is 3.08. The van der Waals surface area contributed by atoms with Gasteiger partial charge in [-0.25, -0.2) is 4.58 Å². The van der Waals surface area contributed by atoms with E-state index >= 15 is 0 Å². The zero-order valence-electron chi connectivity index (χ0n) is 20.2. The second-order valence-electron chi connectivity index (χ2n) is 11.0. The van der Waals surface area contributed by atoms with Crippen molar-refractivity contribution in [3.8, 4) is 5.75 Å². The molecule has 2 atom stereocenters. The Bertz CT molecular complexity index is 1180. The summed E-state index contributed by atoms with van der Waals surface area (Å²) in [7, 11) is 0. The molecule has 4 nitrogen and oxygen atoms in total. The third kappa shape index (κ3) is 3.09. The number of aryl methyl sites for hydroxylation is 1. The first kappa shape index (κ1) is 20.3. The van der Waals surface area contributed by atoms with Crippen LogP contribution in [0, 0.1) is 5.92 Å². The van der Waals surface area contributed by atoms with Gasteiger partial charge in [0.25, 0.3) is 0 Å². The summed E-state index contributed by atoms with van der Waals surface area (Å²) < 4.78 is 9.72. The Balaban J connectivity index is 1.48. The van der Waals surface area contributed by atoms with Gasteiger partial charge in [-0.15, -0.1) is 0 Å². The summed E-state index contributed by atoms with van der Waals surface area (Å²) in [5.41, 5.74) is 7.40. The molecule has 174 valence electrons. The molecule has 1 aliphatic carbocycles. The van der Waals surface area contributed by atoms with Crippen molar-refractivity contribution in [2.45, 2.75) is 77.2 Å². The Hall–Kier alpha value is -2.07. The van der Waals surface area contributed by atoms with Gasteiger partial charge in [0.1, 0.15) is 24.6 Å². The van der Waals surface area contributed by atoms with Crippen LogP contribution < -0.4 is 25.2 Å². The van der Waals surface area contributed by atoms with Crippen molar-refractivity contribution in [2.24, 2.45) is 5.92 Å². The van der Waals surface area contributed by atoms with Crippen LogP contribution in [0.25, 0.3) is 5.70 Å². The number of nitrogens with one attached hydrogen (secondary N) is 1. The molecule has 2 fully saturated rings. The minimum Gasteiger partial charge on any atom is -0.455 e. The van der Waals surface area contributed by atoms with Crippen molar-refractivity contribution < 1.29 is 4.74 Å². The number of fused-ring (bicyclic) bond motifs is 3. The summed E-state index contributed by atoms with van der Waals surface area (Å²) in [6.45, 7) is 8.27. The second kappa shape index (κ2) is 8.01. The Labute approximate surface area is 197 Å². The van der Waals surface area contributed by atoms with Crippen LogP contribution in [-0.4, -0.2) is 43.7 Å². The van der Waals surface area contributed by atoms with E-state index in [9.17, 15) is 0 Å². The maximum atomic E-state index is 7.07. The van der Waals surface area contributed by atoms with Gasteiger partial charge in [-0.2, -0.15) is 0 Å². The lowest BCUT2D eigenvalue weighted by Gasteiger charge is -2.48. The number of nitrogens with zero attached hydrogens (tertiary/aromatic N) is 2. The fraction of sp³-hybridized carbons (Fsp3) is 0.621. The predicted octanol–water partition coefficient (Wildman–Crippen LogP) is 3.03. The monoisotopic (exact) mass is 444 g/mol. The first-order chi connectivity index (χ1) is 16.3. The van der Waals surface area contributed by atoms with Gasteiger partial charge < -0.3 is 10.1 Å². The predicted molar refractivity (Wildman–Crippen MR) is 133 cm³/mol. The molecule has 7 rings (SSSR count). The first-order valence-electron chi connectivity index (χ1n) is 13.8. The van der Waals surface area contributed by atoms with E-state index < -0.39 is 0 Å². The molecule has 0 saturated carbocycles. The molecule has 1 N–H and O–H groups in total.